The SMILES string of the molecule is CC(C)(C)OC(=O)N[C@H]1Cc2c(nc3cc(-c4nnn[nH]4)ccn23)C[C@@H]1c1cc(F)c(F)cc1F. The number of imidazole rings is 1. The number of aromatic nitrogens is 6. The van der Waals surface area contributed by atoms with Crippen molar-refractivity contribution in [2.24, 2.45) is 0 Å². The summed E-state index contributed by atoms with van der Waals surface area (Å²) in [7, 11) is 0. The lowest BCUT2D eigenvalue weighted by Gasteiger charge is -2.33. The Morgan fingerprint density at radius 2 is 1.91 bits per heavy atom. The largest absolute Gasteiger partial charge is 0.444 e. The Balaban J connectivity index is 1.55. The molecule has 0 fully saturated rings. The highest BCUT2D eigenvalue weighted by molar-refractivity contribution is 5.68. The Morgan fingerprint density at radius 3 is 2.63 bits per heavy atom. The van der Waals surface area contributed by atoms with Crippen molar-refractivity contribution < 1.29 is 22.7 Å². The number of aromatic amines is 1. The molecule has 12 heteroatoms. The number of hydrogen-bond acceptors (Lipinski definition) is 6. The molecule has 5 rings (SSSR count). The second-order valence-electron chi connectivity index (χ2n) is 9.45. The fourth-order valence-electron chi connectivity index (χ4n) is 4.41. The number of tetrazole rings is 1. The average Bonchev–Trinajstić information content (AvgIpc) is 3.42. The maximum atomic E-state index is 14.8. The summed E-state index contributed by atoms with van der Waals surface area (Å²) >= 11 is 0. The summed E-state index contributed by atoms with van der Waals surface area (Å²) in [5, 5.41) is 16.6. The van der Waals surface area contributed by atoms with Gasteiger partial charge in [-0.1, -0.05) is 0 Å². The minimum atomic E-state index is -1.28. The van der Waals surface area contributed by atoms with E-state index in [0.29, 0.717) is 23.2 Å². The molecule has 3 heterocycles. The minimum Gasteiger partial charge on any atom is -0.444 e. The van der Waals surface area contributed by atoms with Crippen molar-refractivity contribution in [1.29, 1.82) is 0 Å². The molecule has 182 valence electrons. The van der Waals surface area contributed by atoms with Crippen molar-refractivity contribution in [2.75, 3.05) is 0 Å². The van der Waals surface area contributed by atoms with Gasteiger partial charge in [-0.25, -0.2) is 28.0 Å². The van der Waals surface area contributed by atoms with Crippen molar-refractivity contribution in [1.82, 2.24) is 35.3 Å². The standard InChI is InChI=1S/C23H22F3N7O2/c1-23(2,3)35-22(34)28-17-10-19-18(8-13(17)12-7-15(25)16(26)9-14(12)24)27-20-6-11(4-5-33(19)20)21-29-31-32-30-21/h4-7,9,13,17H,8,10H2,1-3H3,(H,28,34)(H,29,30,31,32)/t13-,17+/m1/s1. The first-order valence-corrected chi connectivity index (χ1v) is 11.0. The number of hydrogen-bond donors (Lipinski definition) is 2. The van der Waals surface area contributed by atoms with Crippen molar-refractivity contribution in [3.8, 4) is 11.4 Å². The van der Waals surface area contributed by atoms with Gasteiger partial charge in [0.2, 0.25) is 0 Å². The Kier molecular flexibility index (Phi) is 5.45. The molecule has 1 aliphatic carbocycles. The van der Waals surface area contributed by atoms with E-state index >= 15 is 0 Å². The molecule has 0 saturated carbocycles. The Bertz CT molecular complexity index is 1410. The fourth-order valence-corrected chi connectivity index (χ4v) is 4.41. The average molecular weight is 485 g/mol. The summed E-state index contributed by atoms with van der Waals surface area (Å²) in [5.74, 6) is -3.56. The van der Waals surface area contributed by atoms with Crippen molar-refractivity contribution in [2.45, 2.75) is 51.2 Å². The number of carbonyl (C=O) groups is 1. The van der Waals surface area contributed by atoms with Gasteiger partial charge in [0.15, 0.2) is 17.5 Å². The van der Waals surface area contributed by atoms with Gasteiger partial charge < -0.3 is 14.5 Å². The highest BCUT2D eigenvalue weighted by Gasteiger charge is 2.36. The van der Waals surface area contributed by atoms with E-state index in [4.69, 9.17) is 4.74 Å². The Labute approximate surface area is 197 Å². The lowest BCUT2D eigenvalue weighted by Crippen LogP contribution is -2.46. The molecule has 0 aliphatic heterocycles. The van der Waals surface area contributed by atoms with Crippen LogP contribution in [0.3, 0.4) is 0 Å². The normalized spacial score (nSPS) is 17.9. The van der Waals surface area contributed by atoms with Crippen LogP contribution in [0.5, 0.6) is 0 Å². The Morgan fingerprint density at radius 1 is 1.14 bits per heavy atom. The highest BCUT2D eigenvalue weighted by Crippen LogP contribution is 2.36. The number of alkyl carbamates (subject to hydrolysis) is 1. The number of rotatable bonds is 3. The summed E-state index contributed by atoms with van der Waals surface area (Å²) in [6, 6.07) is 4.31. The number of pyridine rings is 1. The van der Waals surface area contributed by atoms with Crippen LogP contribution in [0.2, 0.25) is 0 Å². The van der Waals surface area contributed by atoms with Gasteiger partial charge in [-0.3, -0.25) is 0 Å². The van der Waals surface area contributed by atoms with E-state index in [9.17, 15) is 18.0 Å². The molecule has 0 bridgehead atoms. The van der Waals surface area contributed by atoms with Gasteiger partial charge in [0.25, 0.3) is 0 Å². The van der Waals surface area contributed by atoms with Crippen LogP contribution in [0.1, 0.15) is 43.6 Å². The minimum absolute atomic E-state index is 0.0407. The summed E-state index contributed by atoms with van der Waals surface area (Å²) < 4.78 is 49.7. The first kappa shape index (κ1) is 22.8. The monoisotopic (exact) mass is 485 g/mol. The van der Waals surface area contributed by atoms with Crippen LogP contribution in [-0.4, -0.2) is 47.7 Å². The lowest BCUT2D eigenvalue weighted by molar-refractivity contribution is 0.0493. The molecule has 9 nitrogen and oxygen atoms in total. The Hall–Kier alpha value is -3.96. The zero-order valence-corrected chi connectivity index (χ0v) is 19.1. The predicted molar refractivity (Wildman–Crippen MR) is 118 cm³/mol. The second-order valence-corrected chi connectivity index (χ2v) is 9.45. The first-order chi connectivity index (χ1) is 16.6. The van der Waals surface area contributed by atoms with Gasteiger partial charge in [0.05, 0.1) is 5.69 Å². The zero-order valence-electron chi connectivity index (χ0n) is 19.1. The predicted octanol–water partition coefficient (Wildman–Crippen LogP) is 3.71. The van der Waals surface area contributed by atoms with Crippen molar-refractivity contribution in [3.05, 3.63) is 64.9 Å². The number of benzene rings is 1. The molecule has 0 spiro atoms. The molecule has 0 saturated heterocycles. The lowest BCUT2D eigenvalue weighted by atomic mass is 9.80. The molecule has 1 aliphatic rings. The smallest absolute Gasteiger partial charge is 0.407 e. The third kappa shape index (κ3) is 4.43. The van der Waals surface area contributed by atoms with Crippen LogP contribution < -0.4 is 5.32 Å². The van der Waals surface area contributed by atoms with Gasteiger partial charge in [0, 0.05) is 48.3 Å². The fraction of sp³-hybridized carbons (Fsp3) is 0.348. The molecule has 4 aromatic rings. The van der Waals surface area contributed by atoms with Crippen LogP contribution in [0.4, 0.5) is 18.0 Å². The van der Waals surface area contributed by atoms with Crippen LogP contribution in [-0.2, 0) is 17.6 Å². The van der Waals surface area contributed by atoms with Crippen molar-refractivity contribution >= 4 is 11.7 Å². The van der Waals surface area contributed by atoms with E-state index in [-0.39, 0.29) is 18.4 Å². The van der Waals surface area contributed by atoms with Gasteiger partial charge in [-0.15, -0.1) is 5.10 Å². The zero-order chi connectivity index (χ0) is 24.9. The van der Waals surface area contributed by atoms with E-state index < -0.39 is 41.1 Å². The van der Waals surface area contributed by atoms with E-state index in [1.165, 1.54) is 0 Å². The summed E-state index contributed by atoms with van der Waals surface area (Å²) in [6.07, 6.45) is 1.58. The molecule has 0 unspecified atom stereocenters. The molecular weight excluding hydrogens is 463 g/mol. The molecular formula is C23H22F3N7O2. The number of amides is 1. The van der Waals surface area contributed by atoms with Gasteiger partial charge >= 0.3 is 6.09 Å². The second kappa shape index (κ2) is 8.36. The number of fused-ring (bicyclic) bond motifs is 3. The molecule has 2 atom stereocenters. The van der Waals surface area contributed by atoms with E-state index in [1.54, 1.807) is 26.8 Å². The summed E-state index contributed by atoms with van der Waals surface area (Å²) in [6.45, 7) is 5.18. The maximum absolute atomic E-state index is 14.8. The number of carbonyl (C=O) groups excluding carboxylic acids is 1. The number of halogens is 3. The molecule has 1 amide bonds. The number of H-pyrrole nitrogens is 1. The van der Waals surface area contributed by atoms with Crippen LogP contribution in [0.25, 0.3) is 17.0 Å². The molecule has 2 N–H and O–H groups in total. The third-order valence-corrected chi connectivity index (χ3v) is 5.88. The van der Waals surface area contributed by atoms with Crippen LogP contribution in [0.15, 0.2) is 30.5 Å². The number of nitrogens with zero attached hydrogens (tertiary/aromatic N) is 5. The first-order valence-electron chi connectivity index (χ1n) is 11.0. The topological polar surface area (TPSA) is 110 Å². The molecule has 3 aromatic heterocycles. The molecule has 0 radical (unpaired) electrons. The highest BCUT2D eigenvalue weighted by atomic mass is 19.2. The number of nitrogens with one attached hydrogen (secondary N) is 2. The van der Waals surface area contributed by atoms with Crippen LogP contribution in [0, 0.1) is 17.5 Å². The van der Waals surface area contributed by atoms with E-state index in [1.807, 2.05) is 16.7 Å². The van der Waals surface area contributed by atoms with E-state index in [0.717, 1.165) is 17.3 Å². The summed E-state index contributed by atoms with van der Waals surface area (Å²) in [4.78, 5) is 17.3. The third-order valence-electron chi connectivity index (χ3n) is 5.88. The van der Waals surface area contributed by atoms with Gasteiger partial charge in [0.1, 0.15) is 17.1 Å². The van der Waals surface area contributed by atoms with Crippen molar-refractivity contribution in [3.63, 3.8) is 0 Å². The van der Waals surface area contributed by atoms with Gasteiger partial charge in [-0.2, -0.15) is 0 Å². The quantitative estimate of drug-likeness (QED) is 0.428. The maximum Gasteiger partial charge on any atom is 0.407 e. The van der Waals surface area contributed by atoms with E-state index in [2.05, 4.69) is 30.9 Å². The molecule has 1 aromatic carbocycles. The summed E-state index contributed by atoms with van der Waals surface area (Å²) in [5.41, 5.74) is 2.00. The number of ether oxygens (including phenoxy) is 1. The van der Waals surface area contributed by atoms with Gasteiger partial charge in [-0.05, 0) is 55.0 Å². The van der Waals surface area contributed by atoms with Crippen LogP contribution >= 0.6 is 0 Å². The molecule has 35 heavy (non-hydrogen) atoms.